The van der Waals surface area contributed by atoms with Crippen LogP contribution in [0.5, 0.6) is 11.5 Å². The van der Waals surface area contributed by atoms with Gasteiger partial charge in [-0.25, -0.2) is 51.2 Å². The number of hydrogen-bond acceptors (Lipinski definition) is 11. The maximum Gasteiger partial charge on any atom is 0.416 e. The van der Waals surface area contributed by atoms with Crippen molar-refractivity contribution >= 4 is 45.1 Å². The molecule has 4 aliphatic rings. The van der Waals surface area contributed by atoms with E-state index in [2.05, 4.69) is 6.58 Å². The van der Waals surface area contributed by atoms with E-state index < -0.39 is 146 Å². The van der Waals surface area contributed by atoms with Gasteiger partial charge in [-0.15, -0.1) is 0 Å². The Hall–Kier alpha value is -6.57. The van der Waals surface area contributed by atoms with Crippen molar-refractivity contribution < 1.29 is 91.8 Å². The summed E-state index contributed by atoms with van der Waals surface area (Å²) in [6.45, 7) is 2.56. The maximum atomic E-state index is 15.5. The number of alkyl halides is 6. The van der Waals surface area contributed by atoms with Crippen molar-refractivity contribution in [3.05, 3.63) is 191 Å². The van der Waals surface area contributed by atoms with Gasteiger partial charge < -0.3 is 9.47 Å². The molecule has 2 saturated carbocycles. The van der Waals surface area contributed by atoms with Crippen molar-refractivity contribution in [2.45, 2.75) is 86.4 Å². The molecule has 11 nitrogen and oxygen atoms in total. The molecule has 0 N–H and O–H groups in total. The zero-order chi connectivity index (χ0) is 59.1. The Morgan fingerprint density at radius 1 is 0.543 bits per heavy atom. The summed E-state index contributed by atoms with van der Waals surface area (Å²) in [5.41, 5.74) is -3.11. The van der Waals surface area contributed by atoms with E-state index in [-0.39, 0.29) is 73.1 Å². The van der Waals surface area contributed by atoms with Gasteiger partial charge in [0.05, 0.1) is 60.8 Å². The SMILES string of the molecule is C=CS(=O)(=O)c1ccccc1.O=C1CC[C@@]2(S(=O)(=O)c3ccc(C(F)(F)F)cc3)c3c(F)ccc(F)c3OC[C@H]2C1.O=S(=O)(CC[C@@H]1CCC[C@@]2(S(=O)(=O)c3ccc(C(F)(F)F)cc3)c3c(F)ccc(F)c3OC[C@@H]12)c1ccccc1. The van der Waals surface area contributed by atoms with Gasteiger partial charge in [0.25, 0.3) is 0 Å². The fourth-order valence-electron chi connectivity index (χ4n) is 11.2. The molecule has 81 heavy (non-hydrogen) atoms. The van der Waals surface area contributed by atoms with Crippen LogP contribution in [0, 0.1) is 41.0 Å². The fraction of sp³-hybridized carbons (Fsp3) is 0.304. The van der Waals surface area contributed by atoms with Crippen LogP contribution in [0.15, 0.2) is 165 Å². The zero-order valence-corrected chi connectivity index (χ0v) is 45.5. The first-order valence-corrected chi connectivity index (χ1v) is 30.9. The van der Waals surface area contributed by atoms with E-state index in [0.717, 1.165) is 53.9 Å². The van der Waals surface area contributed by atoms with Crippen LogP contribution < -0.4 is 9.47 Å². The van der Waals surface area contributed by atoms with Crippen LogP contribution >= 0.6 is 0 Å². The molecule has 2 heterocycles. The van der Waals surface area contributed by atoms with E-state index in [9.17, 15) is 78.0 Å². The Morgan fingerprint density at radius 2 is 0.988 bits per heavy atom. The molecular weight excluding hydrogens is 1170 g/mol. The van der Waals surface area contributed by atoms with Crippen molar-refractivity contribution in [1.82, 2.24) is 0 Å². The Kier molecular flexibility index (Phi) is 16.9. The first kappa shape index (κ1) is 60.5. The number of benzene rings is 6. The number of rotatable bonds is 10. The normalized spacial score (nSPS) is 21.8. The zero-order valence-electron chi connectivity index (χ0n) is 42.2. The van der Waals surface area contributed by atoms with Crippen molar-refractivity contribution in [2.24, 2.45) is 17.8 Å². The Morgan fingerprint density at radius 3 is 1.47 bits per heavy atom. The number of ether oxygens (including phenoxy) is 2. The number of halogens is 10. The highest BCUT2D eigenvalue weighted by Gasteiger charge is 2.62. The second-order valence-corrected chi connectivity index (χ2v) is 28.0. The van der Waals surface area contributed by atoms with Crippen LogP contribution in [0.25, 0.3) is 0 Å². The van der Waals surface area contributed by atoms with E-state index in [1.807, 2.05) is 0 Å². The monoisotopic (exact) mass is 1210 g/mol. The fourth-order valence-corrected chi connectivity index (χ4v) is 18.1. The van der Waals surface area contributed by atoms with Gasteiger partial charge >= 0.3 is 12.4 Å². The second-order valence-electron chi connectivity index (χ2n) is 19.6. The Balaban J connectivity index is 0.000000184. The Labute approximate surface area is 460 Å². The summed E-state index contributed by atoms with van der Waals surface area (Å²) in [5, 5.41) is 0.947. The summed E-state index contributed by atoms with van der Waals surface area (Å²) < 4.78 is 249. The predicted octanol–water partition coefficient (Wildman–Crippen LogP) is 12.3. The second kappa shape index (κ2) is 22.6. The molecular formula is C56H48F10O11S4. The quantitative estimate of drug-likeness (QED) is 0.120. The van der Waals surface area contributed by atoms with E-state index >= 15 is 4.39 Å². The molecule has 0 aromatic heterocycles. The average molecular weight is 1220 g/mol. The van der Waals surface area contributed by atoms with Gasteiger partial charge in [-0.2, -0.15) is 26.3 Å². The summed E-state index contributed by atoms with van der Waals surface area (Å²) in [6, 6.07) is 24.9. The summed E-state index contributed by atoms with van der Waals surface area (Å²) in [6.07, 6.45) is -9.57. The van der Waals surface area contributed by atoms with Crippen molar-refractivity contribution in [2.75, 3.05) is 19.0 Å². The van der Waals surface area contributed by atoms with Gasteiger partial charge in [-0.05, 0) is 129 Å². The number of carbonyl (C=O) groups is 1. The van der Waals surface area contributed by atoms with Gasteiger partial charge in [-0.1, -0.05) is 49.4 Å². The first-order chi connectivity index (χ1) is 37.9. The summed E-state index contributed by atoms with van der Waals surface area (Å²) in [5.74, 6) is -8.18. The lowest BCUT2D eigenvalue weighted by Crippen LogP contribution is -2.54. The largest absolute Gasteiger partial charge is 0.490 e. The molecule has 5 atom stereocenters. The topological polar surface area (TPSA) is 172 Å². The summed E-state index contributed by atoms with van der Waals surface area (Å²) in [4.78, 5) is 11.5. The van der Waals surface area contributed by atoms with Crippen LogP contribution in [0.2, 0.25) is 0 Å². The lowest BCUT2D eigenvalue weighted by atomic mass is 9.66. The third kappa shape index (κ3) is 11.4. The van der Waals surface area contributed by atoms with Gasteiger partial charge in [0.2, 0.25) is 0 Å². The minimum atomic E-state index is -4.70. The lowest BCUT2D eigenvalue weighted by molar-refractivity contribution is -0.138. The molecule has 10 rings (SSSR count). The summed E-state index contributed by atoms with van der Waals surface area (Å²) in [7, 11) is -16.1. The van der Waals surface area contributed by atoms with Crippen LogP contribution in [-0.4, -0.2) is 58.4 Å². The smallest absolute Gasteiger partial charge is 0.416 e. The van der Waals surface area contributed by atoms with Crippen molar-refractivity contribution in [1.29, 1.82) is 0 Å². The number of Topliss-reactive ketones (excluding diaryl/α,β-unsaturated/α-hetero) is 1. The molecule has 0 radical (unpaired) electrons. The molecule has 6 aromatic rings. The van der Waals surface area contributed by atoms with Crippen LogP contribution in [-0.2, 0) is 66.0 Å². The molecule has 0 spiro atoms. The van der Waals surface area contributed by atoms with Gasteiger partial charge in [-0.3, -0.25) is 4.79 Å². The van der Waals surface area contributed by atoms with Crippen LogP contribution in [0.4, 0.5) is 43.9 Å². The first-order valence-electron chi connectivity index (χ1n) is 24.7. The number of ketones is 1. The van der Waals surface area contributed by atoms with Crippen molar-refractivity contribution in [3.8, 4) is 11.5 Å². The molecule has 0 amide bonds. The van der Waals surface area contributed by atoms with E-state index in [1.165, 1.54) is 24.3 Å². The highest BCUT2D eigenvalue weighted by atomic mass is 32.2. The highest BCUT2D eigenvalue weighted by molar-refractivity contribution is 7.94. The molecule has 0 bridgehead atoms. The highest BCUT2D eigenvalue weighted by Crippen LogP contribution is 2.59. The molecule has 2 fully saturated rings. The predicted molar refractivity (Wildman–Crippen MR) is 274 cm³/mol. The van der Waals surface area contributed by atoms with Crippen LogP contribution in [0.1, 0.15) is 67.2 Å². The molecule has 432 valence electrons. The average Bonchev–Trinajstić information content (AvgIpc) is 3.62. The van der Waals surface area contributed by atoms with E-state index in [0.29, 0.717) is 30.7 Å². The van der Waals surface area contributed by atoms with Crippen molar-refractivity contribution in [3.63, 3.8) is 0 Å². The molecule has 25 heteroatoms. The Bertz CT molecular complexity index is 3810. The minimum Gasteiger partial charge on any atom is -0.490 e. The number of sulfone groups is 4. The van der Waals surface area contributed by atoms with Gasteiger partial charge in [0.15, 0.2) is 62.5 Å². The molecule has 2 aliphatic carbocycles. The summed E-state index contributed by atoms with van der Waals surface area (Å²) >= 11 is 0. The third-order valence-corrected chi connectivity index (χ3v) is 23.4. The molecule has 0 saturated heterocycles. The minimum absolute atomic E-state index is 0.0296. The molecule has 0 unspecified atom stereocenters. The molecule has 6 aromatic carbocycles. The van der Waals surface area contributed by atoms with Gasteiger partial charge in [0, 0.05) is 30.1 Å². The number of hydrogen-bond donors (Lipinski definition) is 0. The third-order valence-electron chi connectivity index (χ3n) is 15.1. The van der Waals surface area contributed by atoms with Crippen LogP contribution in [0.3, 0.4) is 0 Å². The lowest BCUT2D eigenvalue weighted by Gasteiger charge is -2.50. The van der Waals surface area contributed by atoms with E-state index in [1.54, 1.807) is 36.4 Å². The van der Waals surface area contributed by atoms with E-state index in [4.69, 9.17) is 9.47 Å². The number of carbonyl (C=O) groups excluding carboxylic acids is 1. The standard InChI is InChI=1S/C28H25F5O5S2.C20H15F5O4S.C8H8O2S/c29-23-12-13-24(30)26-25(23)27(40(36,37)21-10-8-19(9-11-21)28(31,32)33)15-4-5-18(22(27)17-38-26)14-16-39(34,35)20-6-2-1-3-7-20;21-15-5-6-16(22)18-17(15)19(8-7-13(26)9-12(19)10-29-18)30(27,28)14-3-1-11(2-4-14)20(23,24)25;1-2-11(9,10)8-6-4-3-5-7-8/h1-3,6-13,18,22H,4-5,14-17H2;1-6,12H,7-10H2;2-7H,1H2/t18-,22-,27-;12-,19+;/m01./s1. The molecule has 2 aliphatic heterocycles. The maximum absolute atomic E-state index is 15.5. The number of fused-ring (bicyclic) bond motifs is 6. The van der Waals surface area contributed by atoms with Gasteiger partial charge in [0.1, 0.15) is 26.9 Å².